The molecular formula is C15H17N3O2. The second-order valence-corrected chi connectivity index (χ2v) is 4.38. The Hall–Kier alpha value is -2.43. The van der Waals surface area contributed by atoms with E-state index >= 15 is 0 Å². The van der Waals surface area contributed by atoms with E-state index < -0.39 is 0 Å². The van der Waals surface area contributed by atoms with Crippen molar-refractivity contribution in [3.8, 4) is 0 Å². The van der Waals surface area contributed by atoms with Gasteiger partial charge in [-0.1, -0.05) is 25.1 Å². The molecule has 1 aromatic carbocycles. The van der Waals surface area contributed by atoms with E-state index in [0.29, 0.717) is 29.7 Å². The Morgan fingerprint density at radius 1 is 1.45 bits per heavy atom. The summed E-state index contributed by atoms with van der Waals surface area (Å²) in [7, 11) is 0. The molecule has 5 nitrogen and oxygen atoms in total. The lowest BCUT2D eigenvalue weighted by Crippen LogP contribution is -2.34. The summed E-state index contributed by atoms with van der Waals surface area (Å²) in [6, 6.07) is 7.16. The molecule has 20 heavy (non-hydrogen) atoms. The highest BCUT2D eigenvalue weighted by atomic mass is 16.2. The number of aromatic nitrogens is 2. The summed E-state index contributed by atoms with van der Waals surface area (Å²) in [5.74, 6) is 0.390. The molecule has 0 saturated carbocycles. The number of hydrogen-bond donors (Lipinski definition) is 1. The average Bonchev–Trinajstić information content (AvgIpc) is 2.47. The molecule has 2 rings (SSSR count). The normalized spacial score (nSPS) is 10.4. The van der Waals surface area contributed by atoms with Crippen LogP contribution in [0.15, 0.2) is 41.7 Å². The lowest BCUT2D eigenvalue weighted by atomic mass is 10.2. The van der Waals surface area contributed by atoms with Gasteiger partial charge in [0, 0.05) is 13.0 Å². The molecule has 1 amide bonds. The highest BCUT2D eigenvalue weighted by Crippen LogP contribution is 2.08. The monoisotopic (exact) mass is 271 g/mol. The molecule has 1 N–H and O–H groups in total. The zero-order valence-corrected chi connectivity index (χ0v) is 11.4. The van der Waals surface area contributed by atoms with Crippen LogP contribution in [-0.4, -0.2) is 22.0 Å². The molecule has 0 aliphatic carbocycles. The highest BCUT2D eigenvalue weighted by Gasteiger charge is 2.12. The summed E-state index contributed by atoms with van der Waals surface area (Å²) < 4.78 is 1.43. The van der Waals surface area contributed by atoms with Crippen LogP contribution in [0.25, 0.3) is 10.9 Å². The first-order valence-corrected chi connectivity index (χ1v) is 6.53. The SMILES string of the molecule is C=CCNC(=O)Cn1c(CC)nc2ccccc2c1=O. The van der Waals surface area contributed by atoms with Gasteiger partial charge in [0.1, 0.15) is 12.4 Å². The van der Waals surface area contributed by atoms with Gasteiger partial charge in [-0.2, -0.15) is 0 Å². The summed E-state index contributed by atoms with van der Waals surface area (Å²) in [6.45, 7) is 5.81. The molecule has 0 unspecified atom stereocenters. The minimum absolute atomic E-state index is 0.0202. The number of fused-ring (bicyclic) bond motifs is 1. The van der Waals surface area contributed by atoms with Crippen molar-refractivity contribution >= 4 is 16.8 Å². The maximum Gasteiger partial charge on any atom is 0.261 e. The molecule has 0 aliphatic rings. The summed E-state index contributed by atoms with van der Waals surface area (Å²) in [5.41, 5.74) is 0.485. The Balaban J connectivity index is 2.45. The predicted octanol–water partition coefficient (Wildman–Crippen LogP) is 1.26. The van der Waals surface area contributed by atoms with E-state index in [2.05, 4.69) is 16.9 Å². The Morgan fingerprint density at radius 3 is 2.90 bits per heavy atom. The van der Waals surface area contributed by atoms with Crippen LogP contribution in [0.2, 0.25) is 0 Å². The van der Waals surface area contributed by atoms with E-state index in [1.807, 2.05) is 13.0 Å². The van der Waals surface area contributed by atoms with Crippen molar-refractivity contribution < 1.29 is 4.79 Å². The summed E-state index contributed by atoms with van der Waals surface area (Å²) in [5, 5.41) is 3.19. The lowest BCUT2D eigenvalue weighted by Gasteiger charge is -2.12. The van der Waals surface area contributed by atoms with Crippen LogP contribution >= 0.6 is 0 Å². The molecule has 5 heteroatoms. The molecule has 1 aromatic heterocycles. The first-order chi connectivity index (χ1) is 9.67. The average molecular weight is 271 g/mol. The van der Waals surface area contributed by atoms with Gasteiger partial charge in [-0.05, 0) is 12.1 Å². The van der Waals surface area contributed by atoms with Gasteiger partial charge < -0.3 is 5.32 Å². The molecule has 2 aromatic rings. The maximum atomic E-state index is 12.4. The molecule has 0 bridgehead atoms. The molecule has 1 heterocycles. The number of rotatable bonds is 5. The van der Waals surface area contributed by atoms with E-state index in [0.717, 1.165) is 0 Å². The quantitative estimate of drug-likeness (QED) is 0.833. The molecule has 104 valence electrons. The van der Waals surface area contributed by atoms with Crippen molar-refractivity contribution in [1.29, 1.82) is 0 Å². The third-order valence-corrected chi connectivity index (χ3v) is 3.00. The minimum Gasteiger partial charge on any atom is -0.351 e. The Morgan fingerprint density at radius 2 is 2.20 bits per heavy atom. The maximum absolute atomic E-state index is 12.4. The highest BCUT2D eigenvalue weighted by molar-refractivity contribution is 5.79. The molecule has 0 radical (unpaired) electrons. The zero-order valence-electron chi connectivity index (χ0n) is 11.4. The van der Waals surface area contributed by atoms with Crippen LogP contribution in [0.5, 0.6) is 0 Å². The Bertz CT molecular complexity index is 704. The van der Waals surface area contributed by atoms with Gasteiger partial charge in [0.25, 0.3) is 5.56 Å². The lowest BCUT2D eigenvalue weighted by molar-refractivity contribution is -0.121. The first-order valence-electron chi connectivity index (χ1n) is 6.53. The number of carbonyl (C=O) groups is 1. The van der Waals surface area contributed by atoms with Gasteiger partial charge in [0.05, 0.1) is 10.9 Å². The van der Waals surface area contributed by atoms with Crippen LogP contribution in [0.4, 0.5) is 0 Å². The van der Waals surface area contributed by atoms with E-state index in [1.165, 1.54) is 4.57 Å². The summed E-state index contributed by atoms with van der Waals surface area (Å²) >= 11 is 0. The van der Waals surface area contributed by atoms with Crippen molar-refractivity contribution in [3.63, 3.8) is 0 Å². The number of benzene rings is 1. The van der Waals surface area contributed by atoms with Crippen LogP contribution in [0.3, 0.4) is 0 Å². The number of hydrogen-bond acceptors (Lipinski definition) is 3. The minimum atomic E-state index is -0.223. The van der Waals surface area contributed by atoms with Gasteiger partial charge >= 0.3 is 0 Å². The number of aryl methyl sites for hydroxylation is 1. The second kappa shape index (κ2) is 6.14. The third kappa shape index (κ3) is 2.77. The molecule has 0 atom stereocenters. The number of para-hydroxylation sites is 1. The first kappa shape index (κ1) is 14.0. The van der Waals surface area contributed by atoms with Gasteiger partial charge in [0.15, 0.2) is 0 Å². The standard InChI is InChI=1S/C15H17N3O2/c1-3-9-16-14(19)10-18-13(4-2)17-12-8-6-5-7-11(12)15(18)20/h3,5-8H,1,4,9-10H2,2H3,(H,16,19). The topological polar surface area (TPSA) is 64.0 Å². The van der Waals surface area contributed by atoms with Gasteiger partial charge in [-0.25, -0.2) is 4.98 Å². The number of nitrogens with zero attached hydrogens (tertiary/aromatic N) is 2. The van der Waals surface area contributed by atoms with E-state index in [1.54, 1.807) is 24.3 Å². The molecule has 0 aliphatic heterocycles. The number of nitrogens with one attached hydrogen (secondary N) is 1. The van der Waals surface area contributed by atoms with E-state index in [4.69, 9.17) is 0 Å². The second-order valence-electron chi connectivity index (χ2n) is 4.38. The van der Waals surface area contributed by atoms with Gasteiger partial charge in [-0.15, -0.1) is 6.58 Å². The molecular weight excluding hydrogens is 254 g/mol. The van der Waals surface area contributed by atoms with Crippen LogP contribution in [0, 0.1) is 0 Å². The van der Waals surface area contributed by atoms with Crippen molar-refractivity contribution in [2.45, 2.75) is 19.9 Å². The number of carbonyl (C=O) groups excluding carboxylic acids is 1. The van der Waals surface area contributed by atoms with Crippen molar-refractivity contribution in [2.75, 3.05) is 6.54 Å². The van der Waals surface area contributed by atoms with E-state index in [9.17, 15) is 9.59 Å². The third-order valence-electron chi connectivity index (χ3n) is 3.00. The van der Waals surface area contributed by atoms with E-state index in [-0.39, 0.29) is 18.0 Å². The van der Waals surface area contributed by atoms with Crippen molar-refractivity contribution in [3.05, 3.63) is 53.1 Å². The number of amides is 1. The van der Waals surface area contributed by atoms with Crippen molar-refractivity contribution in [2.24, 2.45) is 0 Å². The largest absolute Gasteiger partial charge is 0.351 e. The Kier molecular flexibility index (Phi) is 4.30. The Labute approximate surface area is 117 Å². The summed E-state index contributed by atoms with van der Waals surface area (Å²) in [6.07, 6.45) is 2.19. The van der Waals surface area contributed by atoms with Gasteiger partial charge in [0.2, 0.25) is 5.91 Å². The molecule has 0 fully saturated rings. The fourth-order valence-corrected chi connectivity index (χ4v) is 2.03. The van der Waals surface area contributed by atoms with Crippen LogP contribution in [-0.2, 0) is 17.8 Å². The summed E-state index contributed by atoms with van der Waals surface area (Å²) in [4.78, 5) is 28.7. The smallest absolute Gasteiger partial charge is 0.261 e. The zero-order chi connectivity index (χ0) is 14.5. The van der Waals surface area contributed by atoms with Crippen LogP contribution in [0.1, 0.15) is 12.7 Å². The fraction of sp³-hybridized carbons (Fsp3) is 0.267. The molecule has 0 spiro atoms. The van der Waals surface area contributed by atoms with Crippen LogP contribution < -0.4 is 10.9 Å². The van der Waals surface area contributed by atoms with Gasteiger partial charge in [-0.3, -0.25) is 14.2 Å². The fourth-order valence-electron chi connectivity index (χ4n) is 2.03. The molecule has 0 saturated heterocycles. The van der Waals surface area contributed by atoms with Crippen molar-refractivity contribution in [1.82, 2.24) is 14.9 Å². The predicted molar refractivity (Wildman–Crippen MR) is 78.6 cm³/mol.